The molecule has 13 aromatic rings. The first-order chi connectivity index (χ1) is 50.1. The standard InChI is InChI=1S/C24H18BrNO5S3.2C17H12BrNO3S2.C16H10BrNO3S2/c1-13-3-9-17(10-4-13)34(30,31)19-12-32-21(14(19)2)22(27)26-23-20(24(28)29)18(11-33-23)15-5-7-16(25)8-6-15;1-9-6-7-23-14(9)15(20)19-16-13(17(21)22)12(8-24-16)10-2-4-11(18)5-3-10;1-9-6-7-23-14(9)15(20)19-16-13(17(21)22)11(8-24-16)10-4-2-3-5-12(10)18;17-11-5-2-1-4-9(11)10-8-23-15(13(10)16(20)21)18-14(19)12-6-3-7-22-12/h3-12H,1-2H3,(H,26,27)(H,28,29);2*2-8H,1H3,(H,19,20)(H,21,22);1-8H,(H,18,19)(H,20,21). The number of hydrogen-bond acceptors (Lipinski definition) is 18. The van der Waals surface area contributed by atoms with Gasteiger partial charge in [0.15, 0.2) is 0 Å². The average molecular weight is 1830 g/mol. The number of anilines is 4. The molecule has 0 saturated heterocycles. The second-order valence-corrected chi connectivity index (χ2v) is 34.8. The molecule has 0 aliphatic rings. The van der Waals surface area contributed by atoms with Gasteiger partial charge >= 0.3 is 23.9 Å². The fourth-order valence-corrected chi connectivity index (χ4v) is 20.5. The molecular weight excluding hydrogens is 1780 g/mol. The molecule has 18 nitrogen and oxygen atoms in total. The van der Waals surface area contributed by atoms with Crippen LogP contribution in [0.25, 0.3) is 44.5 Å². The van der Waals surface area contributed by atoms with Gasteiger partial charge in [0.2, 0.25) is 9.84 Å². The SMILES string of the molecule is Cc1ccc(S(=O)(=O)c2csc(C(=O)Nc3scc(-c4ccc(Br)cc4)c3C(=O)O)c2C)cc1.Cc1ccsc1C(=O)Nc1scc(-c2ccc(Br)cc2)c1C(=O)O.Cc1ccsc1C(=O)Nc1scc(-c2ccccc2Br)c1C(=O)O.O=C(Nc1scc(-c2ccccc2Br)c1C(=O)O)c1cccs1. The Morgan fingerprint density at radius 1 is 0.352 bits per heavy atom. The number of hydrogen-bond donors (Lipinski definition) is 8. The normalized spacial score (nSPS) is 10.8. The van der Waals surface area contributed by atoms with Crippen molar-refractivity contribution in [3.05, 3.63) is 271 Å². The number of aryl methyl sites for hydroxylation is 3. The van der Waals surface area contributed by atoms with Crippen LogP contribution in [0.15, 0.2) is 216 Å². The quantitative estimate of drug-likeness (QED) is 0.0396. The van der Waals surface area contributed by atoms with Gasteiger partial charge in [-0.1, -0.05) is 148 Å². The van der Waals surface area contributed by atoms with Crippen molar-refractivity contribution in [2.24, 2.45) is 0 Å². The maximum absolute atomic E-state index is 13.1. The molecule has 8 N–H and O–H groups in total. The van der Waals surface area contributed by atoms with E-state index in [1.54, 1.807) is 70.2 Å². The zero-order valence-corrected chi connectivity index (χ0v) is 68.2. The van der Waals surface area contributed by atoms with Gasteiger partial charge in [-0.05, 0) is 150 Å². The van der Waals surface area contributed by atoms with E-state index >= 15 is 0 Å². The van der Waals surface area contributed by atoms with Crippen molar-refractivity contribution in [3.63, 3.8) is 0 Å². The molecular formula is C74H52Br4N4O14S9. The second-order valence-electron chi connectivity index (χ2n) is 22.1. The highest BCUT2D eigenvalue weighted by Gasteiger charge is 2.30. The van der Waals surface area contributed by atoms with Crippen LogP contribution in [-0.4, -0.2) is 76.3 Å². The summed E-state index contributed by atoms with van der Waals surface area (Å²) in [6.45, 7) is 7.15. The van der Waals surface area contributed by atoms with Crippen molar-refractivity contribution in [2.75, 3.05) is 21.3 Å². The number of carbonyl (C=O) groups excluding carboxylic acids is 4. The molecule has 8 heterocycles. The van der Waals surface area contributed by atoms with E-state index in [1.165, 1.54) is 85.5 Å². The molecule has 8 aromatic heterocycles. The molecule has 0 saturated carbocycles. The van der Waals surface area contributed by atoms with Gasteiger partial charge in [-0.15, -0.1) is 90.7 Å². The fourth-order valence-electron chi connectivity index (χ4n) is 10.1. The lowest BCUT2D eigenvalue weighted by molar-refractivity contribution is 0.0688. The van der Waals surface area contributed by atoms with Crippen molar-refractivity contribution in [1.82, 2.24) is 0 Å². The van der Waals surface area contributed by atoms with Crippen LogP contribution in [0.4, 0.5) is 20.0 Å². The molecule has 0 fully saturated rings. The number of rotatable bonds is 18. The third kappa shape index (κ3) is 18.6. The summed E-state index contributed by atoms with van der Waals surface area (Å²) < 4.78 is 29.6. The van der Waals surface area contributed by atoms with E-state index in [1.807, 2.05) is 129 Å². The lowest BCUT2D eigenvalue weighted by Gasteiger charge is -2.07. The third-order valence-corrected chi connectivity index (χ3v) is 27.3. The monoisotopic (exact) mass is 1820 g/mol. The van der Waals surface area contributed by atoms with E-state index in [0.717, 1.165) is 73.9 Å². The number of carboxylic acids is 4. The minimum Gasteiger partial charge on any atom is -0.478 e. The number of nitrogens with one attached hydrogen (secondary N) is 4. The van der Waals surface area contributed by atoms with Crippen LogP contribution in [0.5, 0.6) is 0 Å². The van der Waals surface area contributed by atoms with E-state index in [4.69, 9.17) is 0 Å². The number of halogens is 4. The molecule has 0 atom stereocenters. The molecule has 0 bridgehead atoms. The van der Waals surface area contributed by atoms with E-state index in [0.29, 0.717) is 63.0 Å². The average Bonchev–Trinajstić information content (AvgIpc) is 1.68. The van der Waals surface area contributed by atoms with E-state index in [2.05, 4.69) is 85.0 Å². The summed E-state index contributed by atoms with van der Waals surface area (Å²) in [4.78, 5) is 99.3. The van der Waals surface area contributed by atoms with Crippen molar-refractivity contribution >= 4 is 232 Å². The smallest absolute Gasteiger partial charge is 0.339 e. The van der Waals surface area contributed by atoms with Crippen molar-refractivity contribution in [3.8, 4) is 44.5 Å². The lowest BCUT2D eigenvalue weighted by atomic mass is 10.0. The maximum atomic E-state index is 13.1. The van der Waals surface area contributed by atoms with Gasteiger partial charge in [-0.25, -0.2) is 27.6 Å². The van der Waals surface area contributed by atoms with Crippen molar-refractivity contribution in [2.45, 2.75) is 37.5 Å². The Bertz CT molecular complexity index is 5560. The first kappa shape index (κ1) is 78.9. The van der Waals surface area contributed by atoms with Crippen LogP contribution < -0.4 is 21.3 Å². The summed E-state index contributed by atoms with van der Waals surface area (Å²) in [5, 5.41) is 64.5. The molecule has 5 aromatic carbocycles. The van der Waals surface area contributed by atoms with Gasteiger partial charge in [0.05, 0.1) is 29.3 Å². The van der Waals surface area contributed by atoms with Crippen LogP contribution in [0.1, 0.15) is 102 Å². The largest absolute Gasteiger partial charge is 0.478 e. The number of aromatic carboxylic acids is 4. The Labute approximate surface area is 665 Å². The van der Waals surface area contributed by atoms with E-state index < -0.39 is 39.6 Å². The van der Waals surface area contributed by atoms with Crippen LogP contribution in [0.2, 0.25) is 0 Å². The predicted octanol–water partition coefficient (Wildman–Crippen LogP) is 22.8. The zero-order valence-electron chi connectivity index (χ0n) is 54.5. The Morgan fingerprint density at radius 3 is 1.09 bits per heavy atom. The Hall–Kier alpha value is -8.67. The topological polar surface area (TPSA) is 300 Å². The summed E-state index contributed by atoms with van der Waals surface area (Å²) in [6.07, 6.45) is 0. The fraction of sp³-hybridized carbons (Fsp3) is 0.0541. The first-order valence-corrected chi connectivity index (χ1v) is 42.0. The van der Waals surface area contributed by atoms with Gasteiger partial charge in [-0.2, -0.15) is 0 Å². The molecule has 0 unspecified atom stereocenters. The predicted molar refractivity (Wildman–Crippen MR) is 438 cm³/mol. The zero-order chi connectivity index (χ0) is 75.6. The molecule has 105 heavy (non-hydrogen) atoms. The van der Waals surface area contributed by atoms with Gasteiger partial charge in [0, 0.05) is 67.0 Å². The number of benzene rings is 5. The maximum Gasteiger partial charge on any atom is 0.339 e. The summed E-state index contributed by atoms with van der Waals surface area (Å²) in [6, 6.07) is 43.1. The number of thiophene rings is 8. The minimum absolute atomic E-state index is 0.0117. The highest BCUT2D eigenvalue weighted by atomic mass is 79.9. The number of amides is 4. The number of carbonyl (C=O) groups is 8. The summed E-state index contributed by atoms with van der Waals surface area (Å²) >= 11 is 23.3. The van der Waals surface area contributed by atoms with Gasteiger partial charge in [-0.3, -0.25) is 19.2 Å². The van der Waals surface area contributed by atoms with Gasteiger partial charge in [0.1, 0.15) is 42.3 Å². The van der Waals surface area contributed by atoms with E-state index in [9.17, 15) is 67.2 Å². The summed E-state index contributed by atoms with van der Waals surface area (Å²) in [5.41, 5.74) is 8.62. The molecule has 0 spiro atoms. The number of sulfone groups is 1. The minimum atomic E-state index is -3.79. The molecule has 0 aliphatic heterocycles. The third-order valence-electron chi connectivity index (χ3n) is 15.3. The van der Waals surface area contributed by atoms with Gasteiger partial charge < -0.3 is 41.7 Å². The van der Waals surface area contributed by atoms with Crippen molar-refractivity contribution < 1.29 is 67.2 Å². The first-order valence-electron chi connectivity index (χ1n) is 30.3. The molecule has 4 amide bonds. The van der Waals surface area contributed by atoms with E-state index in [-0.39, 0.29) is 59.6 Å². The highest BCUT2D eigenvalue weighted by Crippen LogP contribution is 2.43. The Balaban J connectivity index is 0.000000152. The molecule has 13 rings (SSSR count). The van der Waals surface area contributed by atoms with Crippen molar-refractivity contribution in [1.29, 1.82) is 0 Å². The lowest BCUT2D eigenvalue weighted by Crippen LogP contribution is -2.14. The highest BCUT2D eigenvalue weighted by molar-refractivity contribution is 9.11. The van der Waals surface area contributed by atoms with Crippen LogP contribution in [0, 0.1) is 27.7 Å². The summed E-state index contributed by atoms with van der Waals surface area (Å²) in [7, 11) is -3.79. The van der Waals surface area contributed by atoms with Crippen LogP contribution in [-0.2, 0) is 9.84 Å². The molecule has 31 heteroatoms. The molecule has 0 radical (unpaired) electrons. The Kier molecular flexibility index (Phi) is 26.4. The summed E-state index contributed by atoms with van der Waals surface area (Å²) in [5.74, 6) is -5.80. The molecule has 0 aliphatic carbocycles. The van der Waals surface area contributed by atoms with Crippen LogP contribution in [0.3, 0.4) is 0 Å². The van der Waals surface area contributed by atoms with Gasteiger partial charge in [0.25, 0.3) is 23.6 Å². The Morgan fingerprint density at radius 2 is 0.724 bits per heavy atom. The molecule has 534 valence electrons. The number of carboxylic acid groups (broad SMARTS) is 4. The van der Waals surface area contributed by atoms with Crippen LogP contribution >= 0.6 is 154 Å². The second kappa shape index (κ2) is 35.2.